The molecule has 4 heteroatoms. The maximum absolute atomic E-state index is 11.7. The molecule has 2 heterocycles. The third kappa shape index (κ3) is 2.49. The van der Waals surface area contributed by atoms with Crippen LogP contribution in [0.2, 0.25) is 0 Å². The van der Waals surface area contributed by atoms with E-state index in [2.05, 4.69) is 4.90 Å². The number of carbonyl (C=O) groups excluding carboxylic acids is 1. The van der Waals surface area contributed by atoms with Gasteiger partial charge in [-0.15, -0.1) is 0 Å². The van der Waals surface area contributed by atoms with Crippen molar-refractivity contribution in [3.05, 3.63) is 0 Å². The van der Waals surface area contributed by atoms with E-state index in [1.165, 1.54) is 19.4 Å². The Morgan fingerprint density at radius 1 is 1.40 bits per heavy atom. The van der Waals surface area contributed by atoms with Gasteiger partial charge in [-0.2, -0.15) is 0 Å². The molecular formula is C11H20N2O2. The zero-order valence-electron chi connectivity index (χ0n) is 9.45. The summed E-state index contributed by atoms with van der Waals surface area (Å²) in [6.45, 7) is 6.84. The van der Waals surface area contributed by atoms with Crippen LogP contribution in [0.1, 0.15) is 19.8 Å². The smallest absolute Gasteiger partial charge is 0.248 e. The number of amides is 1. The molecule has 15 heavy (non-hydrogen) atoms. The van der Waals surface area contributed by atoms with Gasteiger partial charge in [-0.25, -0.2) is 0 Å². The number of hydrogen-bond donors (Lipinski definition) is 0. The molecule has 2 rings (SSSR count). The molecule has 1 amide bonds. The van der Waals surface area contributed by atoms with Gasteiger partial charge < -0.3 is 9.64 Å². The first-order valence-electron chi connectivity index (χ1n) is 5.91. The van der Waals surface area contributed by atoms with E-state index in [9.17, 15) is 4.79 Å². The zero-order valence-corrected chi connectivity index (χ0v) is 9.45. The van der Waals surface area contributed by atoms with Gasteiger partial charge in [-0.1, -0.05) is 0 Å². The number of piperazine rings is 1. The van der Waals surface area contributed by atoms with Crippen molar-refractivity contribution in [2.45, 2.75) is 25.8 Å². The molecule has 0 saturated carbocycles. The van der Waals surface area contributed by atoms with E-state index in [1.807, 2.05) is 11.8 Å². The van der Waals surface area contributed by atoms with Crippen molar-refractivity contribution >= 4 is 5.91 Å². The Balaban J connectivity index is 1.81. The van der Waals surface area contributed by atoms with E-state index >= 15 is 0 Å². The first-order chi connectivity index (χ1) is 7.31. The minimum atomic E-state index is 0.156. The fourth-order valence-electron chi connectivity index (χ4n) is 2.50. The highest BCUT2D eigenvalue weighted by atomic mass is 16.5. The van der Waals surface area contributed by atoms with E-state index in [0.717, 1.165) is 19.6 Å². The van der Waals surface area contributed by atoms with E-state index in [1.54, 1.807) is 0 Å². The monoisotopic (exact) mass is 212 g/mol. The van der Waals surface area contributed by atoms with Crippen LogP contribution in [0, 0.1) is 0 Å². The molecule has 0 N–H and O–H groups in total. The lowest BCUT2D eigenvalue weighted by Gasteiger charge is -2.37. The molecule has 4 nitrogen and oxygen atoms in total. The zero-order chi connectivity index (χ0) is 10.7. The molecule has 0 aromatic heterocycles. The van der Waals surface area contributed by atoms with Gasteiger partial charge in [0.1, 0.15) is 6.61 Å². The maximum atomic E-state index is 11.7. The van der Waals surface area contributed by atoms with Crippen LogP contribution in [0.25, 0.3) is 0 Å². The van der Waals surface area contributed by atoms with Gasteiger partial charge >= 0.3 is 0 Å². The quantitative estimate of drug-likeness (QED) is 0.676. The number of fused-ring (bicyclic) bond motifs is 1. The average molecular weight is 212 g/mol. The number of ether oxygens (including phenoxy) is 1. The Labute approximate surface area is 91.2 Å². The van der Waals surface area contributed by atoms with Gasteiger partial charge in [0.15, 0.2) is 0 Å². The van der Waals surface area contributed by atoms with Gasteiger partial charge in [0.05, 0.1) is 0 Å². The highest BCUT2D eigenvalue weighted by molar-refractivity contribution is 5.77. The Morgan fingerprint density at radius 3 is 3.07 bits per heavy atom. The molecule has 1 unspecified atom stereocenters. The fraction of sp³-hybridized carbons (Fsp3) is 0.909. The second-order valence-electron chi connectivity index (χ2n) is 4.31. The largest absolute Gasteiger partial charge is 0.372 e. The Bertz CT molecular complexity index is 233. The topological polar surface area (TPSA) is 32.8 Å². The fourth-order valence-corrected chi connectivity index (χ4v) is 2.50. The summed E-state index contributed by atoms with van der Waals surface area (Å²) in [6, 6.07) is 0.615. The van der Waals surface area contributed by atoms with Gasteiger partial charge in [-0.05, 0) is 26.3 Å². The van der Waals surface area contributed by atoms with Gasteiger partial charge in [0.2, 0.25) is 5.91 Å². The molecule has 2 aliphatic rings. The highest BCUT2D eigenvalue weighted by Gasteiger charge is 2.32. The molecule has 0 spiro atoms. The summed E-state index contributed by atoms with van der Waals surface area (Å²) in [7, 11) is 0. The predicted octanol–water partition coefficient (Wildman–Crippen LogP) is 0.329. The summed E-state index contributed by atoms with van der Waals surface area (Å²) >= 11 is 0. The van der Waals surface area contributed by atoms with Gasteiger partial charge in [-0.3, -0.25) is 9.69 Å². The molecule has 0 aliphatic carbocycles. The number of rotatable bonds is 3. The van der Waals surface area contributed by atoms with Crippen molar-refractivity contribution in [2.75, 3.05) is 39.4 Å². The molecular weight excluding hydrogens is 192 g/mol. The standard InChI is InChI=1S/C11H20N2O2/c1-2-15-9-11(14)13-7-6-12-5-3-4-10(12)8-13/h10H,2-9H2,1H3. The summed E-state index contributed by atoms with van der Waals surface area (Å²) < 4.78 is 5.16. The third-order valence-corrected chi connectivity index (χ3v) is 3.37. The summed E-state index contributed by atoms with van der Waals surface area (Å²) in [5, 5.41) is 0. The lowest BCUT2D eigenvalue weighted by Crippen LogP contribution is -2.52. The minimum absolute atomic E-state index is 0.156. The lowest BCUT2D eigenvalue weighted by atomic mass is 10.1. The van der Waals surface area contributed by atoms with E-state index < -0.39 is 0 Å². The second kappa shape index (κ2) is 4.94. The van der Waals surface area contributed by atoms with Crippen molar-refractivity contribution in [3.63, 3.8) is 0 Å². The molecule has 2 fully saturated rings. The van der Waals surface area contributed by atoms with Crippen LogP contribution in [-0.4, -0.2) is 61.1 Å². The molecule has 2 saturated heterocycles. The first kappa shape index (κ1) is 10.9. The SMILES string of the molecule is CCOCC(=O)N1CCN2CCCC2C1. The number of nitrogens with zero attached hydrogens (tertiary/aromatic N) is 2. The average Bonchev–Trinajstić information content (AvgIpc) is 2.72. The van der Waals surface area contributed by atoms with Crippen molar-refractivity contribution < 1.29 is 9.53 Å². The van der Waals surface area contributed by atoms with Crippen LogP contribution >= 0.6 is 0 Å². The van der Waals surface area contributed by atoms with Crippen LogP contribution < -0.4 is 0 Å². The Morgan fingerprint density at radius 2 is 2.27 bits per heavy atom. The van der Waals surface area contributed by atoms with E-state index in [0.29, 0.717) is 12.6 Å². The number of hydrogen-bond acceptors (Lipinski definition) is 3. The minimum Gasteiger partial charge on any atom is -0.372 e. The molecule has 0 bridgehead atoms. The molecule has 0 aromatic rings. The third-order valence-electron chi connectivity index (χ3n) is 3.37. The summed E-state index contributed by atoms with van der Waals surface area (Å²) in [6.07, 6.45) is 2.54. The Hall–Kier alpha value is -0.610. The van der Waals surface area contributed by atoms with Crippen LogP contribution in [0.4, 0.5) is 0 Å². The maximum Gasteiger partial charge on any atom is 0.248 e. The van der Waals surface area contributed by atoms with Crippen LogP contribution in [0.15, 0.2) is 0 Å². The van der Waals surface area contributed by atoms with E-state index in [-0.39, 0.29) is 12.5 Å². The molecule has 2 aliphatic heterocycles. The van der Waals surface area contributed by atoms with Gasteiger partial charge in [0, 0.05) is 32.3 Å². The van der Waals surface area contributed by atoms with Crippen LogP contribution in [-0.2, 0) is 9.53 Å². The van der Waals surface area contributed by atoms with Gasteiger partial charge in [0.25, 0.3) is 0 Å². The van der Waals surface area contributed by atoms with Crippen molar-refractivity contribution in [1.82, 2.24) is 9.80 Å². The van der Waals surface area contributed by atoms with Crippen LogP contribution in [0.3, 0.4) is 0 Å². The first-order valence-corrected chi connectivity index (χ1v) is 5.91. The Kier molecular flexibility index (Phi) is 3.59. The molecule has 0 aromatic carbocycles. The lowest BCUT2D eigenvalue weighted by molar-refractivity contribution is -0.138. The summed E-state index contributed by atoms with van der Waals surface area (Å²) in [4.78, 5) is 16.2. The molecule has 1 atom stereocenters. The summed E-state index contributed by atoms with van der Waals surface area (Å²) in [5.41, 5.74) is 0. The molecule has 86 valence electrons. The normalized spacial score (nSPS) is 26.7. The number of carbonyl (C=O) groups is 1. The summed E-state index contributed by atoms with van der Waals surface area (Å²) in [5.74, 6) is 0.156. The van der Waals surface area contributed by atoms with E-state index in [4.69, 9.17) is 4.74 Å². The van der Waals surface area contributed by atoms with Crippen molar-refractivity contribution in [2.24, 2.45) is 0 Å². The van der Waals surface area contributed by atoms with Crippen LogP contribution in [0.5, 0.6) is 0 Å². The predicted molar refractivity (Wildman–Crippen MR) is 57.7 cm³/mol. The van der Waals surface area contributed by atoms with Crippen molar-refractivity contribution in [3.8, 4) is 0 Å². The van der Waals surface area contributed by atoms with Crippen molar-refractivity contribution in [1.29, 1.82) is 0 Å². The molecule has 0 radical (unpaired) electrons. The second-order valence-corrected chi connectivity index (χ2v) is 4.31. The highest BCUT2D eigenvalue weighted by Crippen LogP contribution is 2.21.